The highest BCUT2D eigenvalue weighted by atomic mass is 35.5. The summed E-state index contributed by atoms with van der Waals surface area (Å²) in [6.07, 6.45) is 0. The van der Waals surface area contributed by atoms with Crippen molar-refractivity contribution in [3.05, 3.63) is 52.8 Å². The number of esters is 1. The molecule has 25 heavy (non-hydrogen) atoms. The zero-order chi connectivity index (χ0) is 18.6. The number of hydrogen-bond donors (Lipinski definition) is 1. The molecule has 0 N–H and O–H groups in total. The highest BCUT2D eigenvalue weighted by Crippen LogP contribution is 2.37. The minimum absolute atomic E-state index is 0.0211. The van der Waals surface area contributed by atoms with Crippen LogP contribution in [0.3, 0.4) is 0 Å². The monoisotopic (exact) mass is 387 g/mol. The van der Waals surface area contributed by atoms with Crippen LogP contribution in [0.4, 0.5) is 15.8 Å². The van der Waals surface area contributed by atoms with E-state index >= 15 is 0 Å². The number of thiol groups is 1. The van der Waals surface area contributed by atoms with Gasteiger partial charge in [0.05, 0.1) is 30.7 Å². The van der Waals surface area contributed by atoms with E-state index in [4.69, 9.17) is 21.1 Å². The van der Waals surface area contributed by atoms with E-state index in [9.17, 15) is 17.6 Å². The van der Waals surface area contributed by atoms with Gasteiger partial charge in [0.2, 0.25) is 10.9 Å². The van der Waals surface area contributed by atoms with Gasteiger partial charge in [0.15, 0.2) is 0 Å². The van der Waals surface area contributed by atoms with Crippen molar-refractivity contribution in [1.82, 2.24) is 0 Å². The molecule has 2 aromatic rings. The standard InChI is InChI=1S/C16H15ClFNO5S/c1-3-24-16(20)10-4-6-13(12(18)8-10)19(25(21)22)14-7-5-11(17)9-15(14)23-2/h4-9,25H,3H2,1-2H3. The van der Waals surface area contributed by atoms with Crippen molar-refractivity contribution < 1.29 is 27.1 Å². The summed E-state index contributed by atoms with van der Waals surface area (Å²) in [6.45, 7) is 1.77. The lowest BCUT2D eigenvalue weighted by atomic mass is 10.2. The molecule has 0 radical (unpaired) electrons. The van der Waals surface area contributed by atoms with Gasteiger partial charge >= 0.3 is 5.97 Å². The van der Waals surface area contributed by atoms with Crippen molar-refractivity contribution >= 4 is 39.8 Å². The first-order valence-corrected chi connectivity index (χ1v) is 8.64. The molecule has 0 spiro atoms. The number of rotatable bonds is 6. The second-order valence-corrected chi connectivity index (χ2v) is 6.06. The lowest BCUT2D eigenvalue weighted by Gasteiger charge is -2.21. The molecule has 0 heterocycles. The Hall–Kier alpha value is -2.32. The van der Waals surface area contributed by atoms with Crippen LogP contribution in [0.25, 0.3) is 0 Å². The van der Waals surface area contributed by atoms with Crippen LogP contribution in [0.15, 0.2) is 36.4 Å². The number of anilines is 2. The van der Waals surface area contributed by atoms with E-state index in [-0.39, 0.29) is 29.3 Å². The molecule has 0 atom stereocenters. The Balaban J connectivity index is 2.54. The quantitative estimate of drug-likeness (QED) is 0.608. The zero-order valence-electron chi connectivity index (χ0n) is 13.4. The first-order valence-electron chi connectivity index (χ1n) is 7.13. The second-order valence-electron chi connectivity index (χ2n) is 4.75. The van der Waals surface area contributed by atoms with Crippen molar-refractivity contribution in [3.63, 3.8) is 0 Å². The molecule has 2 rings (SSSR count). The summed E-state index contributed by atoms with van der Waals surface area (Å²) in [7, 11) is -1.90. The van der Waals surface area contributed by atoms with Crippen LogP contribution in [0, 0.1) is 5.82 Å². The molecule has 134 valence electrons. The molecule has 0 bridgehead atoms. The summed E-state index contributed by atoms with van der Waals surface area (Å²) in [5.74, 6) is -1.45. The molecule has 0 fully saturated rings. The normalized spacial score (nSPS) is 10.6. The van der Waals surface area contributed by atoms with Crippen molar-refractivity contribution in [2.45, 2.75) is 6.92 Å². The molecule has 6 nitrogen and oxygen atoms in total. The Morgan fingerprint density at radius 2 is 1.88 bits per heavy atom. The van der Waals surface area contributed by atoms with E-state index in [1.807, 2.05) is 0 Å². The summed E-state index contributed by atoms with van der Waals surface area (Å²) in [5.41, 5.74) is -0.192. The van der Waals surface area contributed by atoms with Crippen LogP contribution in [-0.4, -0.2) is 28.1 Å². The largest absolute Gasteiger partial charge is 0.494 e. The Morgan fingerprint density at radius 3 is 2.44 bits per heavy atom. The summed E-state index contributed by atoms with van der Waals surface area (Å²) in [5, 5.41) is 0.333. The van der Waals surface area contributed by atoms with Gasteiger partial charge < -0.3 is 9.47 Å². The van der Waals surface area contributed by atoms with Gasteiger partial charge in [-0.1, -0.05) is 11.6 Å². The number of benzene rings is 2. The van der Waals surface area contributed by atoms with E-state index < -0.39 is 22.7 Å². The van der Waals surface area contributed by atoms with Crippen LogP contribution >= 0.6 is 11.6 Å². The van der Waals surface area contributed by atoms with Crippen molar-refractivity contribution in [2.75, 3.05) is 18.0 Å². The van der Waals surface area contributed by atoms with Gasteiger partial charge in [-0.3, -0.25) is 0 Å². The average molecular weight is 388 g/mol. The third-order valence-electron chi connectivity index (χ3n) is 3.22. The van der Waals surface area contributed by atoms with Crippen molar-refractivity contribution in [3.8, 4) is 5.75 Å². The molecule has 0 unspecified atom stereocenters. The van der Waals surface area contributed by atoms with Gasteiger partial charge in [-0.15, -0.1) is 0 Å². The molecule has 0 aliphatic heterocycles. The Bertz CT molecular complexity index is 864. The van der Waals surface area contributed by atoms with Crippen LogP contribution in [-0.2, 0) is 15.6 Å². The van der Waals surface area contributed by atoms with Crippen LogP contribution in [0.2, 0.25) is 5.02 Å². The van der Waals surface area contributed by atoms with Crippen molar-refractivity contribution in [2.24, 2.45) is 0 Å². The van der Waals surface area contributed by atoms with E-state index in [1.54, 1.807) is 6.92 Å². The van der Waals surface area contributed by atoms with E-state index in [2.05, 4.69) is 0 Å². The number of hydrogen-bond acceptors (Lipinski definition) is 5. The maximum atomic E-state index is 14.5. The summed E-state index contributed by atoms with van der Waals surface area (Å²) >= 11 is 5.87. The zero-order valence-corrected chi connectivity index (χ0v) is 15.0. The Kier molecular flexibility index (Phi) is 6.22. The fourth-order valence-corrected chi connectivity index (χ4v) is 2.99. The first-order chi connectivity index (χ1) is 11.9. The minimum Gasteiger partial charge on any atom is -0.494 e. The maximum absolute atomic E-state index is 14.5. The van der Waals surface area contributed by atoms with Gasteiger partial charge in [0, 0.05) is 11.1 Å². The molecule has 0 saturated heterocycles. The third-order valence-corrected chi connectivity index (χ3v) is 4.21. The average Bonchev–Trinajstić information content (AvgIpc) is 2.57. The Labute approximate surface area is 150 Å². The SMILES string of the molecule is CCOC(=O)c1ccc(N(c2ccc(Cl)cc2OC)[SH](=O)=O)c(F)c1. The van der Waals surface area contributed by atoms with Gasteiger partial charge in [-0.25, -0.2) is 21.9 Å². The smallest absolute Gasteiger partial charge is 0.338 e. The van der Waals surface area contributed by atoms with Gasteiger partial charge in [-0.05, 0) is 37.3 Å². The summed E-state index contributed by atoms with van der Waals surface area (Å²) < 4.78 is 48.6. The second kappa shape index (κ2) is 8.17. The van der Waals surface area contributed by atoms with E-state index in [0.717, 1.165) is 10.4 Å². The topological polar surface area (TPSA) is 72.9 Å². The first kappa shape index (κ1) is 19.0. The number of nitrogens with zero attached hydrogens (tertiary/aromatic N) is 1. The number of methoxy groups -OCH3 is 1. The number of carbonyl (C=O) groups is 1. The van der Waals surface area contributed by atoms with Gasteiger partial charge in [0.25, 0.3) is 0 Å². The fraction of sp³-hybridized carbons (Fsp3) is 0.188. The molecule has 9 heteroatoms. The minimum atomic E-state index is -3.24. The molecular formula is C16H15ClFNO5S. The van der Waals surface area contributed by atoms with Crippen LogP contribution in [0.5, 0.6) is 5.75 Å². The van der Waals surface area contributed by atoms with E-state index in [0.29, 0.717) is 5.02 Å². The van der Waals surface area contributed by atoms with E-state index in [1.165, 1.54) is 37.4 Å². The lowest BCUT2D eigenvalue weighted by Crippen LogP contribution is -2.17. The van der Waals surface area contributed by atoms with Gasteiger partial charge in [-0.2, -0.15) is 0 Å². The van der Waals surface area contributed by atoms with Gasteiger partial charge in [0.1, 0.15) is 11.6 Å². The summed E-state index contributed by atoms with van der Waals surface area (Å²) in [4.78, 5) is 11.7. The third kappa shape index (κ3) is 4.21. The molecular weight excluding hydrogens is 373 g/mol. The predicted octanol–water partition coefficient (Wildman–Crippen LogP) is 3.33. The highest BCUT2D eigenvalue weighted by molar-refractivity contribution is 7.74. The lowest BCUT2D eigenvalue weighted by molar-refractivity contribution is 0.0526. The Morgan fingerprint density at radius 1 is 1.20 bits per heavy atom. The summed E-state index contributed by atoms with van der Waals surface area (Å²) in [6, 6.07) is 7.64. The fourth-order valence-electron chi connectivity index (χ4n) is 2.15. The predicted molar refractivity (Wildman–Crippen MR) is 92.8 cm³/mol. The van der Waals surface area contributed by atoms with Crippen molar-refractivity contribution in [1.29, 1.82) is 0 Å². The molecule has 0 saturated carbocycles. The molecule has 0 amide bonds. The molecule has 2 aromatic carbocycles. The molecule has 0 aliphatic carbocycles. The van der Waals surface area contributed by atoms with Crippen LogP contribution < -0.4 is 9.04 Å². The maximum Gasteiger partial charge on any atom is 0.338 e. The molecule has 0 aliphatic rings. The van der Waals surface area contributed by atoms with Crippen LogP contribution in [0.1, 0.15) is 17.3 Å². The number of ether oxygens (including phenoxy) is 2. The number of carbonyl (C=O) groups excluding carboxylic acids is 1. The number of halogens is 2. The molecule has 0 aromatic heterocycles. The highest BCUT2D eigenvalue weighted by Gasteiger charge is 2.21.